The Kier molecular flexibility index (Phi) is 8.29. The van der Waals surface area contributed by atoms with Crippen LogP contribution in [0.2, 0.25) is 0 Å². The number of nitrogens with zero attached hydrogens (tertiary/aromatic N) is 7. The van der Waals surface area contributed by atoms with Gasteiger partial charge in [-0.15, -0.1) is 11.3 Å². The first-order valence-corrected chi connectivity index (χ1v) is 13.5. The summed E-state index contributed by atoms with van der Waals surface area (Å²) in [5.41, 5.74) is 2.66. The lowest BCUT2D eigenvalue weighted by molar-refractivity contribution is -0.115. The number of anilines is 1. The molecule has 3 aromatic rings. The number of methoxy groups -OCH3 is 2. The average Bonchev–Trinajstić information content (AvgIpc) is 3.28. The highest BCUT2D eigenvalue weighted by atomic mass is 32.1. The van der Waals surface area contributed by atoms with Crippen LogP contribution >= 0.6 is 11.3 Å². The van der Waals surface area contributed by atoms with Gasteiger partial charge in [-0.1, -0.05) is 0 Å². The van der Waals surface area contributed by atoms with Crippen LogP contribution in [0.5, 0.6) is 11.9 Å². The van der Waals surface area contributed by atoms with Crippen LogP contribution in [0.15, 0.2) is 6.20 Å². The van der Waals surface area contributed by atoms with Crippen LogP contribution in [0.4, 0.5) is 5.82 Å². The van der Waals surface area contributed by atoms with Crippen molar-refractivity contribution in [2.75, 3.05) is 78.1 Å². The zero-order valence-electron chi connectivity index (χ0n) is 21.9. The van der Waals surface area contributed by atoms with Crippen molar-refractivity contribution in [1.82, 2.24) is 29.7 Å². The molecule has 0 aliphatic carbocycles. The fourth-order valence-electron chi connectivity index (χ4n) is 4.78. The number of carbonyl (C=O) groups excluding carboxylic acids is 1. The first kappa shape index (κ1) is 26.6. The highest BCUT2D eigenvalue weighted by Crippen LogP contribution is 2.39. The van der Waals surface area contributed by atoms with E-state index in [-0.39, 0.29) is 6.01 Å². The largest absolute Gasteiger partial charge is 0.480 e. The molecule has 204 valence electrons. The van der Waals surface area contributed by atoms with E-state index in [4.69, 9.17) is 24.2 Å². The minimum atomic E-state index is -0.924. The molecule has 12 nitrogen and oxygen atoms in total. The van der Waals surface area contributed by atoms with Gasteiger partial charge in [0, 0.05) is 63.4 Å². The molecule has 38 heavy (non-hydrogen) atoms. The highest BCUT2D eigenvalue weighted by Gasteiger charge is 2.26. The van der Waals surface area contributed by atoms with Gasteiger partial charge in [0.15, 0.2) is 11.6 Å². The predicted octanol–water partition coefficient (Wildman–Crippen LogP) is 0.988. The van der Waals surface area contributed by atoms with Crippen LogP contribution < -0.4 is 14.4 Å². The standard InChI is InChI=1S/C25H33N7O5S/c1-16-19(14-31-6-4-30(5-7-31)13-17(34)15-33)38-21-20(16)27-22(28-23(21)32-8-10-37-11-9-32)18-12-26-25(36-3)29-24(18)35-2/h12,15,17,34H,4-11,13-14H2,1-3H3/t17-/m0/s1. The molecule has 0 amide bonds. The summed E-state index contributed by atoms with van der Waals surface area (Å²) in [4.78, 5) is 37.4. The van der Waals surface area contributed by atoms with E-state index in [0.29, 0.717) is 43.3 Å². The molecular formula is C25H33N7O5S. The Morgan fingerprint density at radius 1 is 1.08 bits per heavy atom. The molecule has 0 radical (unpaired) electrons. The molecule has 0 unspecified atom stereocenters. The molecule has 2 aliphatic rings. The highest BCUT2D eigenvalue weighted by molar-refractivity contribution is 7.19. The zero-order valence-corrected chi connectivity index (χ0v) is 22.7. The van der Waals surface area contributed by atoms with E-state index in [1.165, 1.54) is 12.0 Å². The maximum Gasteiger partial charge on any atom is 0.319 e. The Balaban J connectivity index is 1.48. The maximum absolute atomic E-state index is 10.8. The van der Waals surface area contributed by atoms with Gasteiger partial charge in [-0.2, -0.15) is 4.98 Å². The Hall–Kier alpha value is -2.97. The van der Waals surface area contributed by atoms with Gasteiger partial charge in [0.05, 0.1) is 37.6 Å². The number of morpholine rings is 1. The number of fused-ring (bicyclic) bond motifs is 1. The third kappa shape index (κ3) is 5.57. The Morgan fingerprint density at radius 3 is 2.50 bits per heavy atom. The van der Waals surface area contributed by atoms with Crippen molar-refractivity contribution < 1.29 is 24.1 Å². The molecule has 1 atom stereocenters. The number of aromatic nitrogens is 4. The summed E-state index contributed by atoms with van der Waals surface area (Å²) in [6, 6.07) is 0.217. The predicted molar refractivity (Wildman–Crippen MR) is 143 cm³/mol. The van der Waals surface area contributed by atoms with E-state index in [9.17, 15) is 9.90 Å². The first-order valence-electron chi connectivity index (χ1n) is 12.7. The number of aliphatic hydroxyl groups is 1. The molecule has 0 aromatic carbocycles. The number of aryl methyl sites for hydroxylation is 1. The first-order chi connectivity index (χ1) is 18.5. The van der Waals surface area contributed by atoms with Crippen LogP contribution in [0.1, 0.15) is 10.4 Å². The zero-order chi connectivity index (χ0) is 26.6. The molecule has 0 bridgehead atoms. The molecule has 1 N–H and O–H groups in total. The van der Waals surface area contributed by atoms with Crippen LogP contribution in [0.3, 0.4) is 0 Å². The van der Waals surface area contributed by atoms with Gasteiger partial charge in [0.25, 0.3) is 0 Å². The topological polar surface area (TPSA) is 126 Å². The second-order valence-electron chi connectivity index (χ2n) is 9.36. The van der Waals surface area contributed by atoms with Crippen molar-refractivity contribution in [3.63, 3.8) is 0 Å². The molecule has 0 saturated carbocycles. The average molecular weight is 544 g/mol. The summed E-state index contributed by atoms with van der Waals surface area (Å²) in [5, 5.41) is 9.66. The van der Waals surface area contributed by atoms with E-state index in [1.807, 2.05) is 0 Å². The van der Waals surface area contributed by atoms with Gasteiger partial charge in [0.2, 0.25) is 5.88 Å². The summed E-state index contributed by atoms with van der Waals surface area (Å²) >= 11 is 1.74. The lowest BCUT2D eigenvalue weighted by Gasteiger charge is -2.34. The molecular weight excluding hydrogens is 510 g/mol. The third-order valence-electron chi connectivity index (χ3n) is 6.94. The number of rotatable bonds is 9. The van der Waals surface area contributed by atoms with Crippen LogP contribution in [0, 0.1) is 6.92 Å². The normalized spacial score (nSPS) is 18.1. The molecule has 5 rings (SSSR count). The number of piperazine rings is 1. The number of ether oxygens (including phenoxy) is 3. The third-order valence-corrected chi connectivity index (χ3v) is 8.20. The van der Waals surface area contributed by atoms with E-state index in [1.54, 1.807) is 24.6 Å². The quantitative estimate of drug-likeness (QED) is 0.387. The fourth-order valence-corrected chi connectivity index (χ4v) is 6.08. The SMILES string of the molecule is COc1ncc(-c2nc(N3CCOCC3)c3sc(CN4CCN(C[C@H](O)C=O)CC4)c(C)c3n2)c(OC)n1. The lowest BCUT2D eigenvalue weighted by atomic mass is 10.2. The van der Waals surface area contributed by atoms with Gasteiger partial charge < -0.3 is 29.0 Å². The maximum atomic E-state index is 10.8. The van der Waals surface area contributed by atoms with Crippen molar-refractivity contribution >= 4 is 33.7 Å². The van der Waals surface area contributed by atoms with Crippen molar-refractivity contribution in [2.24, 2.45) is 0 Å². The number of thiophene rings is 1. The second-order valence-corrected chi connectivity index (χ2v) is 10.5. The van der Waals surface area contributed by atoms with Gasteiger partial charge in [-0.05, 0) is 12.5 Å². The van der Waals surface area contributed by atoms with E-state index in [0.717, 1.165) is 67.4 Å². The molecule has 2 fully saturated rings. The smallest absolute Gasteiger partial charge is 0.319 e. The summed E-state index contributed by atoms with van der Waals surface area (Å²) in [5.74, 6) is 1.75. The molecule has 0 spiro atoms. The van der Waals surface area contributed by atoms with Crippen molar-refractivity contribution in [2.45, 2.75) is 19.6 Å². The minimum Gasteiger partial charge on any atom is -0.480 e. The minimum absolute atomic E-state index is 0.217. The lowest BCUT2D eigenvalue weighted by Crippen LogP contribution is -2.48. The number of aldehydes is 1. The summed E-state index contributed by atoms with van der Waals surface area (Å²) < 4.78 is 17.3. The Labute approximate surface area is 225 Å². The Bertz CT molecular complexity index is 1270. The van der Waals surface area contributed by atoms with Crippen molar-refractivity contribution in [3.05, 3.63) is 16.6 Å². The summed E-state index contributed by atoms with van der Waals surface area (Å²) in [6.45, 7) is 9.48. The van der Waals surface area contributed by atoms with Crippen LogP contribution in [-0.2, 0) is 16.1 Å². The van der Waals surface area contributed by atoms with Crippen molar-refractivity contribution in [3.8, 4) is 23.3 Å². The monoisotopic (exact) mass is 543 g/mol. The van der Waals surface area contributed by atoms with Crippen molar-refractivity contribution in [1.29, 1.82) is 0 Å². The molecule has 2 aliphatic heterocycles. The molecule has 5 heterocycles. The molecule has 3 aromatic heterocycles. The number of hydrogen-bond acceptors (Lipinski definition) is 13. The van der Waals surface area contributed by atoms with E-state index < -0.39 is 6.10 Å². The molecule has 13 heteroatoms. The van der Waals surface area contributed by atoms with Gasteiger partial charge in [0.1, 0.15) is 18.0 Å². The van der Waals surface area contributed by atoms with Crippen LogP contribution in [0.25, 0.3) is 21.6 Å². The van der Waals surface area contributed by atoms with E-state index >= 15 is 0 Å². The second kappa shape index (κ2) is 11.8. The Morgan fingerprint density at radius 2 is 1.82 bits per heavy atom. The summed E-state index contributed by atoms with van der Waals surface area (Å²) in [6.07, 6.45) is 1.31. The summed E-state index contributed by atoms with van der Waals surface area (Å²) in [7, 11) is 3.07. The number of β-amino-alcohol motifs (C(OH)–C–C–N with tert-alkyl or cyclic N) is 1. The van der Waals surface area contributed by atoms with Gasteiger partial charge >= 0.3 is 6.01 Å². The van der Waals surface area contributed by atoms with E-state index in [2.05, 4.69) is 31.6 Å². The van der Waals surface area contributed by atoms with Gasteiger partial charge in [-0.25, -0.2) is 15.0 Å². The number of aliphatic hydroxyl groups excluding tert-OH is 1. The van der Waals surface area contributed by atoms with Crippen LogP contribution in [-0.4, -0.2) is 120 Å². The van der Waals surface area contributed by atoms with Gasteiger partial charge in [-0.3, -0.25) is 9.80 Å². The molecule has 2 saturated heterocycles. The number of carbonyl (C=O) groups is 1. The fraction of sp³-hybridized carbons (Fsp3) is 0.560. The number of hydrogen-bond donors (Lipinski definition) is 1.